The highest BCUT2D eigenvalue weighted by molar-refractivity contribution is 8.29. The van der Waals surface area contributed by atoms with Crippen LogP contribution in [0, 0.1) is 6.92 Å². The molecule has 8 heteroatoms. The monoisotopic (exact) mass is 350 g/mol. The maximum atomic E-state index is 11.8. The molecule has 1 aromatic carbocycles. The van der Waals surface area contributed by atoms with Crippen LogP contribution < -0.4 is 5.19 Å². The second-order valence-electron chi connectivity index (χ2n) is 4.26. The maximum Gasteiger partial charge on any atom is 0.537 e. The highest BCUT2D eigenvalue weighted by Crippen LogP contribution is 2.19. The van der Waals surface area contributed by atoms with Gasteiger partial charge in [0.25, 0.3) is 0 Å². The van der Waals surface area contributed by atoms with Crippen LogP contribution in [0.3, 0.4) is 0 Å². The number of benzene rings is 1. The van der Waals surface area contributed by atoms with Gasteiger partial charge in [-0.15, -0.1) is 0 Å². The fourth-order valence-electron chi connectivity index (χ4n) is 2.15. The van der Waals surface area contributed by atoms with Gasteiger partial charge in [0.2, 0.25) is 0 Å². The molecule has 1 aromatic rings. The molecule has 5 nitrogen and oxygen atoms in total. The Morgan fingerprint density at radius 2 is 1.62 bits per heavy atom. The molecule has 0 aliphatic carbocycles. The molecule has 1 N–H and O–H groups in total. The predicted molar refractivity (Wildman–Crippen MR) is 87.8 cm³/mol. The van der Waals surface area contributed by atoms with Gasteiger partial charge in [0.15, 0.2) is 8.77 Å². The zero-order valence-electron chi connectivity index (χ0n) is 12.8. The minimum Gasteiger partial charge on any atom is -0.370 e. The molecule has 0 spiro atoms. The van der Waals surface area contributed by atoms with E-state index in [1.54, 1.807) is 19.1 Å². The Bertz CT molecular complexity index is 557. The second-order valence-corrected chi connectivity index (χ2v) is 9.52. The van der Waals surface area contributed by atoms with Crippen LogP contribution in [0.25, 0.3) is 0 Å². The first-order chi connectivity index (χ1) is 9.82. The average Bonchev–Trinajstić information content (AvgIpc) is 2.38. The van der Waals surface area contributed by atoms with Gasteiger partial charge in [-0.25, -0.2) is 4.21 Å². The Labute approximate surface area is 132 Å². The molecule has 1 rings (SSSR count). The van der Waals surface area contributed by atoms with E-state index in [9.17, 15) is 8.76 Å². The number of hydrogen-bond acceptors (Lipinski definition) is 5. The van der Waals surface area contributed by atoms with Crippen LogP contribution >= 0.6 is 0 Å². The normalized spacial score (nSPS) is 14.9. The fourth-order valence-corrected chi connectivity index (χ4v) is 6.28. The van der Waals surface area contributed by atoms with E-state index >= 15 is 0 Å². The Morgan fingerprint density at radius 3 is 2.00 bits per heavy atom. The van der Waals surface area contributed by atoms with Crippen molar-refractivity contribution in [1.29, 1.82) is 0 Å². The molecular formula is C13H22O5S2Si. The average molecular weight is 351 g/mol. The summed E-state index contributed by atoms with van der Waals surface area (Å²) >= 11 is 4.69. The first kappa shape index (κ1) is 18.7. The third-order valence-electron chi connectivity index (χ3n) is 2.89. The molecule has 0 saturated carbocycles. The van der Waals surface area contributed by atoms with E-state index in [0.717, 1.165) is 0 Å². The van der Waals surface area contributed by atoms with Crippen LogP contribution in [-0.4, -0.2) is 37.4 Å². The lowest BCUT2D eigenvalue weighted by atomic mass is 10.2. The van der Waals surface area contributed by atoms with Crippen LogP contribution in [0.5, 0.6) is 0 Å². The van der Waals surface area contributed by atoms with Crippen molar-refractivity contribution in [2.75, 3.05) is 19.8 Å². The lowest BCUT2D eigenvalue weighted by Crippen LogP contribution is -2.58. The maximum absolute atomic E-state index is 11.8. The van der Waals surface area contributed by atoms with Crippen molar-refractivity contribution in [2.24, 2.45) is 0 Å². The van der Waals surface area contributed by atoms with Crippen molar-refractivity contribution >= 4 is 34.0 Å². The van der Waals surface area contributed by atoms with Crippen molar-refractivity contribution in [2.45, 2.75) is 32.6 Å². The standard InChI is InChI=1S/C13H22O5S2Si/c1-5-16-21(17-6-2,18-7-3)13-10-8-9-12(11(13)4)20(14,15)19/h8-10H,5-7H2,1-4H3,(H,14,15,19). The molecule has 0 aliphatic heterocycles. The molecule has 0 heterocycles. The van der Waals surface area contributed by atoms with Crippen molar-refractivity contribution in [3.05, 3.63) is 23.8 Å². The zero-order valence-corrected chi connectivity index (χ0v) is 15.4. The van der Waals surface area contributed by atoms with Gasteiger partial charge in [0.05, 0.1) is 4.90 Å². The fraction of sp³-hybridized carbons (Fsp3) is 0.538. The summed E-state index contributed by atoms with van der Waals surface area (Å²) in [5.41, 5.74) is 0.599. The van der Waals surface area contributed by atoms with E-state index in [1.165, 1.54) is 0 Å². The third kappa shape index (κ3) is 4.32. The molecule has 0 saturated heterocycles. The summed E-state index contributed by atoms with van der Waals surface area (Å²) in [4.78, 5) is 0.214. The summed E-state index contributed by atoms with van der Waals surface area (Å²) in [6.07, 6.45) is 0. The molecule has 0 bridgehead atoms. The lowest BCUT2D eigenvalue weighted by Gasteiger charge is -2.30. The Hall–Kier alpha value is -0.353. The summed E-state index contributed by atoms with van der Waals surface area (Å²) in [6.45, 7) is 8.62. The van der Waals surface area contributed by atoms with Gasteiger partial charge < -0.3 is 17.8 Å². The lowest BCUT2D eigenvalue weighted by molar-refractivity contribution is 0.0857. The molecule has 0 aliphatic rings. The summed E-state index contributed by atoms with van der Waals surface area (Å²) in [5.74, 6) is 0. The Balaban J connectivity index is 3.50. The van der Waals surface area contributed by atoms with E-state index < -0.39 is 17.6 Å². The van der Waals surface area contributed by atoms with Gasteiger partial charge in [-0.3, -0.25) is 0 Å². The van der Waals surface area contributed by atoms with E-state index in [0.29, 0.717) is 30.6 Å². The van der Waals surface area contributed by atoms with Gasteiger partial charge in [0.1, 0.15) is 0 Å². The highest BCUT2D eigenvalue weighted by Gasteiger charge is 2.45. The second kappa shape index (κ2) is 7.77. The molecule has 21 heavy (non-hydrogen) atoms. The van der Waals surface area contributed by atoms with Crippen LogP contribution in [0.4, 0.5) is 0 Å². The van der Waals surface area contributed by atoms with E-state index in [1.807, 2.05) is 26.8 Å². The SMILES string of the molecule is CCO[Si](OCC)(OCC)c1cccc(S(=O)(O)=S)c1C. The van der Waals surface area contributed by atoms with Crippen molar-refractivity contribution < 1.29 is 22.0 Å². The Morgan fingerprint density at radius 1 is 1.14 bits per heavy atom. The quantitative estimate of drug-likeness (QED) is 0.722. The predicted octanol–water partition coefficient (Wildman–Crippen LogP) is 1.83. The molecule has 120 valence electrons. The van der Waals surface area contributed by atoms with Gasteiger partial charge in [-0.1, -0.05) is 12.1 Å². The molecule has 0 fully saturated rings. The van der Waals surface area contributed by atoms with Crippen molar-refractivity contribution in [3.8, 4) is 0 Å². The molecule has 1 atom stereocenters. The zero-order chi connectivity index (χ0) is 16.1. The van der Waals surface area contributed by atoms with Gasteiger partial charge in [0, 0.05) is 36.2 Å². The van der Waals surface area contributed by atoms with Crippen LogP contribution in [0.2, 0.25) is 0 Å². The molecule has 1 unspecified atom stereocenters. The largest absolute Gasteiger partial charge is 0.537 e. The van der Waals surface area contributed by atoms with Gasteiger partial charge >= 0.3 is 8.80 Å². The first-order valence-corrected chi connectivity index (χ1v) is 11.0. The smallest absolute Gasteiger partial charge is 0.370 e. The van der Waals surface area contributed by atoms with Gasteiger partial charge in [-0.05, 0) is 39.3 Å². The van der Waals surface area contributed by atoms with E-state index in [4.69, 9.17) is 24.5 Å². The molecule has 0 amide bonds. The summed E-state index contributed by atoms with van der Waals surface area (Å²) in [6, 6.07) is 5.04. The third-order valence-corrected chi connectivity index (χ3v) is 7.64. The van der Waals surface area contributed by atoms with Crippen LogP contribution in [0.15, 0.2) is 23.1 Å². The Kier molecular flexibility index (Phi) is 6.92. The molecular weight excluding hydrogens is 328 g/mol. The van der Waals surface area contributed by atoms with Crippen molar-refractivity contribution in [1.82, 2.24) is 0 Å². The van der Waals surface area contributed by atoms with E-state index in [2.05, 4.69) is 0 Å². The molecule has 0 radical (unpaired) electrons. The van der Waals surface area contributed by atoms with Gasteiger partial charge in [-0.2, -0.15) is 0 Å². The topological polar surface area (TPSA) is 65.0 Å². The minimum atomic E-state index is -3.47. The number of rotatable bonds is 8. The summed E-state index contributed by atoms with van der Waals surface area (Å²) < 4.78 is 39.0. The van der Waals surface area contributed by atoms with Crippen LogP contribution in [-0.2, 0) is 33.2 Å². The first-order valence-electron chi connectivity index (χ1n) is 6.81. The molecule has 0 aromatic heterocycles. The van der Waals surface area contributed by atoms with Crippen molar-refractivity contribution in [3.63, 3.8) is 0 Å². The number of hydrogen-bond donors (Lipinski definition) is 1. The van der Waals surface area contributed by atoms with Crippen LogP contribution in [0.1, 0.15) is 26.3 Å². The highest BCUT2D eigenvalue weighted by atomic mass is 32.8. The summed E-state index contributed by atoms with van der Waals surface area (Å²) in [5, 5.41) is 0.692. The van der Waals surface area contributed by atoms with E-state index in [-0.39, 0.29) is 4.90 Å². The minimum absolute atomic E-state index is 0.214. The summed E-state index contributed by atoms with van der Waals surface area (Å²) in [7, 11) is -6.58.